The molecule has 0 atom stereocenters. The molecule has 1 aromatic carbocycles. The third kappa shape index (κ3) is 2.70. The lowest BCUT2D eigenvalue weighted by molar-refractivity contribution is -0.130. The van der Waals surface area contributed by atoms with Crippen LogP contribution in [0.25, 0.3) is 5.57 Å². The number of nitrogens with zero attached hydrogens (tertiary/aromatic N) is 1. The number of hydrogen-bond donors (Lipinski definition) is 0. The van der Waals surface area contributed by atoms with Gasteiger partial charge in [0.1, 0.15) is 5.82 Å². The summed E-state index contributed by atoms with van der Waals surface area (Å²) in [5, 5.41) is -0.145. The van der Waals surface area contributed by atoms with Crippen LogP contribution in [0, 0.1) is 11.6 Å². The zero-order chi connectivity index (χ0) is 15.1. The molecule has 2 rings (SSSR count). The van der Waals surface area contributed by atoms with Gasteiger partial charge >= 0.3 is 0 Å². The van der Waals surface area contributed by atoms with E-state index in [1.54, 1.807) is 4.90 Å². The molecule has 0 radical (unpaired) electrons. The quantitative estimate of drug-likeness (QED) is 0.717. The van der Waals surface area contributed by atoms with Crippen molar-refractivity contribution < 1.29 is 13.6 Å². The van der Waals surface area contributed by atoms with Gasteiger partial charge in [0.2, 0.25) is 5.91 Å². The zero-order valence-electron chi connectivity index (χ0n) is 11.6. The molecule has 0 saturated carbocycles. The second-order valence-corrected chi connectivity index (χ2v) is 6.21. The van der Waals surface area contributed by atoms with Crippen LogP contribution in [0.5, 0.6) is 0 Å². The predicted molar refractivity (Wildman–Crippen MR) is 75.4 cm³/mol. The van der Waals surface area contributed by atoms with Crippen LogP contribution >= 0.6 is 11.6 Å². The molecule has 2 nitrogen and oxygen atoms in total. The van der Waals surface area contributed by atoms with Gasteiger partial charge in [-0.3, -0.25) is 4.79 Å². The minimum absolute atomic E-state index is 0.145. The first-order valence-electron chi connectivity index (χ1n) is 6.38. The zero-order valence-corrected chi connectivity index (χ0v) is 12.4. The highest BCUT2D eigenvalue weighted by Gasteiger charge is 2.30. The second kappa shape index (κ2) is 5.17. The summed E-state index contributed by atoms with van der Waals surface area (Å²) in [7, 11) is 0. The highest BCUT2D eigenvalue weighted by atomic mass is 35.5. The van der Waals surface area contributed by atoms with Gasteiger partial charge in [0, 0.05) is 18.2 Å². The summed E-state index contributed by atoms with van der Waals surface area (Å²) in [4.78, 5) is 13.8. The van der Waals surface area contributed by atoms with Crippen LogP contribution in [-0.2, 0) is 4.79 Å². The van der Waals surface area contributed by atoms with Crippen molar-refractivity contribution in [1.82, 2.24) is 4.90 Å². The molecule has 0 saturated heterocycles. The van der Waals surface area contributed by atoms with E-state index in [2.05, 4.69) is 0 Å². The number of benzene rings is 1. The standard InChI is InChI=1S/C15H16ClF2NO/c1-15(2,3)19-7-6-9(8-12(19)20)13-11(17)5-4-10(16)14(13)18/h4-5,8H,6-7H2,1-3H3. The summed E-state index contributed by atoms with van der Waals surface area (Å²) < 4.78 is 27.8. The Labute approximate surface area is 122 Å². The lowest BCUT2D eigenvalue weighted by Crippen LogP contribution is -2.47. The molecule has 1 aliphatic rings. The first-order valence-corrected chi connectivity index (χ1v) is 6.75. The maximum absolute atomic E-state index is 14.0. The van der Waals surface area contributed by atoms with E-state index in [4.69, 9.17) is 11.6 Å². The predicted octanol–water partition coefficient (Wildman–Crippen LogP) is 4.03. The topological polar surface area (TPSA) is 20.3 Å². The van der Waals surface area contributed by atoms with Crippen molar-refractivity contribution in [2.75, 3.05) is 6.54 Å². The molecule has 0 unspecified atom stereocenters. The van der Waals surface area contributed by atoms with E-state index in [1.807, 2.05) is 20.8 Å². The first kappa shape index (κ1) is 15.0. The maximum Gasteiger partial charge on any atom is 0.247 e. The fourth-order valence-corrected chi connectivity index (χ4v) is 2.48. The van der Waals surface area contributed by atoms with E-state index in [9.17, 15) is 13.6 Å². The Kier molecular flexibility index (Phi) is 3.87. The van der Waals surface area contributed by atoms with Crippen molar-refractivity contribution in [3.63, 3.8) is 0 Å². The molecular formula is C15H16ClF2NO. The molecule has 0 N–H and O–H groups in total. The van der Waals surface area contributed by atoms with E-state index in [0.717, 1.165) is 6.07 Å². The van der Waals surface area contributed by atoms with Gasteiger partial charge < -0.3 is 4.90 Å². The van der Waals surface area contributed by atoms with Crippen molar-refractivity contribution >= 4 is 23.1 Å². The number of hydrogen-bond acceptors (Lipinski definition) is 1. The number of carbonyl (C=O) groups excluding carboxylic acids is 1. The molecule has 0 spiro atoms. The Morgan fingerprint density at radius 2 is 1.90 bits per heavy atom. The lowest BCUT2D eigenvalue weighted by atomic mass is 9.95. The van der Waals surface area contributed by atoms with Gasteiger partial charge in [-0.2, -0.15) is 0 Å². The number of rotatable bonds is 1. The Balaban J connectivity index is 2.43. The summed E-state index contributed by atoms with van der Waals surface area (Å²) in [6, 6.07) is 2.28. The van der Waals surface area contributed by atoms with Crippen LogP contribution in [0.3, 0.4) is 0 Å². The van der Waals surface area contributed by atoms with Crippen molar-refractivity contribution in [2.24, 2.45) is 0 Å². The van der Waals surface area contributed by atoms with Crippen LogP contribution in [-0.4, -0.2) is 22.9 Å². The first-order chi connectivity index (χ1) is 9.21. The molecule has 1 amide bonds. The second-order valence-electron chi connectivity index (χ2n) is 5.80. The van der Waals surface area contributed by atoms with Crippen LogP contribution in [0.4, 0.5) is 8.78 Å². The number of halogens is 3. The van der Waals surface area contributed by atoms with Gasteiger partial charge in [0.05, 0.1) is 10.6 Å². The fraction of sp³-hybridized carbons (Fsp3) is 0.400. The average Bonchev–Trinajstić information content (AvgIpc) is 2.33. The summed E-state index contributed by atoms with van der Waals surface area (Å²) >= 11 is 5.68. The minimum atomic E-state index is -0.810. The lowest BCUT2D eigenvalue weighted by Gasteiger charge is -2.37. The Morgan fingerprint density at radius 3 is 2.45 bits per heavy atom. The summed E-state index contributed by atoms with van der Waals surface area (Å²) in [5.41, 5.74) is -0.155. The minimum Gasteiger partial charge on any atom is -0.334 e. The van der Waals surface area contributed by atoms with E-state index in [1.165, 1.54) is 12.1 Å². The smallest absolute Gasteiger partial charge is 0.247 e. The molecule has 0 bridgehead atoms. The van der Waals surface area contributed by atoms with Crippen LogP contribution < -0.4 is 0 Å². The molecule has 0 aromatic heterocycles. The molecule has 5 heteroatoms. The molecular weight excluding hydrogens is 284 g/mol. The highest BCUT2D eigenvalue weighted by molar-refractivity contribution is 6.31. The Hall–Kier alpha value is -1.42. The molecule has 1 aliphatic heterocycles. The molecule has 0 fully saturated rings. The van der Waals surface area contributed by atoms with Gasteiger partial charge in [-0.15, -0.1) is 0 Å². The van der Waals surface area contributed by atoms with Gasteiger partial charge in [0.25, 0.3) is 0 Å². The third-order valence-electron chi connectivity index (χ3n) is 3.34. The van der Waals surface area contributed by atoms with Crippen molar-refractivity contribution in [3.05, 3.63) is 40.4 Å². The maximum atomic E-state index is 14.0. The monoisotopic (exact) mass is 299 g/mol. The van der Waals surface area contributed by atoms with E-state index < -0.39 is 11.6 Å². The summed E-state index contributed by atoms with van der Waals surface area (Å²) in [6.07, 6.45) is 1.70. The van der Waals surface area contributed by atoms with Gasteiger partial charge in [-0.25, -0.2) is 8.78 Å². The highest BCUT2D eigenvalue weighted by Crippen LogP contribution is 2.32. The van der Waals surface area contributed by atoms with Crippen LogP contribution in [0.2, 0.25) is 5.02 Å². The SMILES string of the molecule is CC(C)(C)N1CCC(c2c(F)ccc(Cl)c2F)=CC1=O. The van der Waals surface area contributed by atoms with E-state index in [-0.39, 0.29) is 22.0 Å². The van der Waals surface area contributed by atoms with E-state index >= 15 is 0 Å². The van der Waals surface area contributed by atoms with Gasteiger partial charge in [-0.05, 0) is 44.9 Å². The average molecular weight is 300 g/mol. The molecule has 0 aliphatic carbocycles. The van der Waals surface area contributed by atoms with Gasteiger partial charge in [-0.1, -0.05) is 11.6 Å². The Bertz CT molecular complexity index is 590. The van der Waals surface area contributed by atoms with Crippen LogP contribution in [0.1, 0.15) is 32.8 Å². The Morgan fingerprint density at radius 1 is 1.25 bits per heavy atom. The number of carbonyl (C=O) groups is 1. The fourth-order valence-electron chi connectivity index (χ4n) is 2.33. The summed E-state index contributed by atoms with van der Waals surface area (Å²) in [6.45, 7) is 6.19. The van der Waals surface area contributed by atoms with Crippen molar-refractivity contribution in [2.45, 2.75) is 32.7 Å². The third-order valence-corrected chi connectivity index (χ3v) is 3.64. The number of amides is 1. The molecule has 108 valence electrons. The van der Waals surface area contributed by atoms with Crippen molar-refractivity contribution in [1.29, 1.82) is 0 Å². The van der Waals surface area contributed by atoms with Crippen LogP contribution in [0.15, 0.2) is 18.2 Å². The normalized spacial score (nSPS) is 16.4. The molecule has 20 heavy (non-hydrogen) atoms. The van der Waals surface area contributed by atoms with Gasteiger partial charge in [0.15, 0.2) is 5.82 Å². The van der Waals surface area contributed by atoms with E-state index in [0.29, 0.717) is 18.5 Å². The van der Waals surface area contributed by atoms with Crippen molar-refractivity contribution in [3.8, 4) is 0 Å². The molecule has 1 heterocycles. The molecule has 1 aromatic rings. The summed E-state index contributed by atoms with van der Waals surface area (Å²) in [5.74, 6) is -1.75. The largest absolute Gasteiger partial charge is 0.334 e.